The van der Waals surface area contributed by atoms with Crippen LogP contribution in [0.3, 0.4) is 0 Å². The molecule has 20 heavy (non-hydrogen) atoms. The molecule has 1 unspecified atom stereocenters. The summed E-state index contributed by atoms with van der Waals surface area (Å²) in [5.41, 5.74) is -0.177. The van der Waals surface area contributed by atoms with E-state index in [1.54, 1.807) is 0 Å². The van der Waals surface area contributed by atoms with Crippen LogP contribution in [-0.4, -0.2) is 37.5 Å². The van der Waals surface area contributed by atoms with Gasteiger partial charge >= 0.3 is 10.2 Å². The van der Waals surface area contributed by atoms with Crippen LogP contribution in [0.5, 0.6) is 0 Å². The van der Waals surface area contributed by atoms with Crippen LogP contribution < -0.4 is 4.72 Å². The second kappa shape index (κ2) is 6.26. The summed E-state index contributed by atoms with van der Waals surface area (Å²) in [6.45, 7) is 0.527. The summed E-state index contributed by atoms with van der Waals surface area (Å²) in [5, 5.41) is 9.37. The lowest BCUT2D eigenvalue weighted by Gasteiger charge is -2.31. The van der Waals surface area contributed by atoms with Crippen molar-refractivity contribution in [1.29, 1.82) is 0 Å². The van der Waals surface area contributed by atoms with Crippen LogP contribution in [-0.2, 0) is 10.2 Å². The fraction of sp³-hybridized carbons (Fsp3) is 0.500. The maximum atomic E-state index is 13.6. The van der Waals surface area contributed by atoms with Crippen LogP contribution in [0.25, 0.3) is 0 Å². The average Bonchev–Trinajstić information content (AvgIpc) is 2.43. The SMILES string of the molecule is O=S(=O)(Nc1cc(Cl)ccc1F)N1CCCC(CO)C1. The Hall–Kier alpha value is -0.890. The van der Waals surface area contributed by atoms with Gasteiger partial charge in [0.2, 0.25) is 0 Å². The fourth-order valence-electron chi connectivity index (χ4n) is 2.17. The number of nitrogens with zero attached hydrogens (tertiary/aromatic N) is 1. The minimum absolute atomic E-state index is 0.0580. The zero-order valence-corrected chi connectivity index (χ0v) is 12.3. The molecule has 2 N–H and O–H groups in total. The number of rotatable bonds is 4. The Morgan fingerprint density at radius 1 is 1.50 bits per heavy atom. The number of hydrogen-bond donors (Lipinski definition) is 2. The van der Waals surface area contributed by atoms with Gasteiger partial charge in [-0.1, -0.05) is 11.6 Å². The molecule has 1 aliphatic heterocycles. The number of hydrogen-bond acceptors (Lipinski definition) is 3. The van der Waals surface area contributed by atoms with E-state index in [4.69, 9.17) is 16.7 Å². The van der Waals surface area contributed by atoms with Crippen LogP contribution in [0, 0.1) is 11.7 Å². The number of aliphatic hydroxyl groups is 1. The van der Waals surface area contributed by atoms with Crippen molar-refractivity contribution >= 4 is 27.5 Å². The lowest BCUT2D eigenvalue weighted by molar-refractivity contribution is 0.166. The summed E-state index contributed by atoms with van der Waals surface area (Å²) < 4.78 is 41.4. The third kappa shape index (κ3) is 3.60. The van der Waals surface area contributed by atoms with E-state index in [1.807, 2.05) is 0 Å². The molecular weight excluding hydrogens is 307 g/mol. The van der Waals surface area contributed by atoms with Gasteiger partial charge in [0.15, 0.2) is 0 Å². The minimum atomic E-state index is -3.85. The number of piperidine rings is 1. The molecule has 1 atom stereocenters. The zero-order valence-electron chi connectivity index (χ0n) is 10.7. The number of benzene rings is 1. The van der Waals surface area contributed by atoms with Crippen molar-refractivity contribution in [3.8, 4) is 0 Å². The Morgan fingerprint density at radius 3 is 2.95 bits per heavy atom. The van der Waals surface area contributed by atoms with Gasteiger partial charge in [0.25, 0.3) is 0 Å². The van der Waals surface area contributed by atoms with Gasteiger partial charge in [-0.2, -0.15) is 12.7 Å². The normalized spacial score (nSPS) is 20.9. The number of halogens is 2. The molecule has 0 aliphatic carbocycles. The Morgan fingerprint density at radius 2 is 2.25 bits per heavy atom. The van der Waals surface area contributed by atoms with Crippen molar-refractivity contribution in [2.45, 2.75) is 12.8 Å². The molecule has 1 aromatic carbocycles. The highest BCUT2D eigenvalue weighted by atomic mass is 35.5. The van der Waals surface area contributed by atoms with Crippen LogP contribution in [0.15, 0.2) is 18.2 Å². The molecule has 5 nitrogen and oxygen atoms in total. The molecule has 8 heteroatoms. The summed E-state index contributed by atoms with van der Waals surface area (Å²) in [4.78, 5) is 0. The fourth-order valence-corrected chi connectivity index (χ4v) is 3.69. The topological polar surface area (TPSA) is 69.6 Å². The van der Waals surface area contributed by atoms with E-state index in [0.29, 0.717) is 13.0 Å². The summed E-state index contributed by atoms with van der Waals surface area (Å²) in [6, 6.07) is 3.67. The Labute approximate surface area is 122 Å². The number of aliphatic hydroxyl groups excluding tert-OH is 1. The van der Waals surface area contributed by atoms with Crippen molar-refractivity contribution in [2.24, 2.45) is 5.92 Å². The van der Waals surface area contributed by atoms with Crippen molar-refractivity contribution in [2.75, 3.05) is 24.4 Å². The average molecular weight is 323 g/mol. The second-order valence-corrected chi connectivity index (χ2v) is 6.89. The Balaban J connectivity index is 2.16. The van der Waals surface area contributed by atoms with E-state index >= 15 is 0 Å². The minimum Gasteiger partial charge on any atom is -0.396 e. The number of nitrogens with one attached hydrogen (secondary N) is 1. The molecular formula is C12H16ClFN2O3S. The van der Waals surface area contributed by atoms with Crippen molar-refractivity contribution in [1.82, 2.24) is 4.31 Å². The Bertz CT molecular complexity index is 582. The van der Waals surface area contributed by atoms with E-state index in [2.05, 4.69) is 4.72 Å². The molecule has 0 spiro atoms. The molecule has 112 valence electrons. The second-order valence-electron chi connectivity index (χ2n) is 4.78. The molecule has 0 bridgehead atoms. The highest BCUT2D eigenvalue weighted by molar-refractivity contribution is 7.90. The van der Waals surface area contributed by atoms with Crippen LogP contribution in [0.1, 0.15) is 12.8 Å². The predicted octanol–water partition coefficient (Wildman–Crippen LogP) is 1.84. The molecule has 0 saturated carbocycles. The van der Waals surface area contributed by atoms with E-state index in [0.717, 1.165) is 12.5 Å². The monoisotopic (exact) mass is 322 g/mol. The molecule has 1 saturated heterocycles. The van der Waals surface area contributed by atoms with Crippen molar-refractivity contribution in [3.63, 3.8) is 0 Å². The molecule has 1 heterocycles. The standard InChI is InChI=1S/C12H16ClFN2O3S/c13-10-3-4-11(14)12(6-10)15-20(18,19)16-5-1-2-9(7-16)8-17/h3-4,6,9,15,17H,1-2,5,7-8H2. The summed E-state index contributed by atoms with van der Waals surface area (Å²) in [6.07, 6.45) is 1.46. The van der Waals surface area contributed by atoms with Gasteiger partial charge in [-0.05, 0) is 37.0 Å². The molecule has 1 aromatic rings. The first-order chi connectivity index (χ1) is 9.42. The largest absolute Gasteiger partial charge is 0.396 e. The number of anilines is 1. The smallest absolute Gasteiger partial charge is 0.301 e. The first-order valence-corrected chi connectivity index (χ1v) is 8.08. The maximum absolute atomic E-state index is 13.6. The van der Waals surface area contributed by atoms with Gasteiger partial charge in [-0.15, -0.1) is 0 Å². The van der Waals surface area contributed by atoms with E-state index in [-0.39, 0.29) is 29.8 Å². The van der Waals surface area contributed by atoms with Gasteiger partial charge in [0.1, 0.15) is 5.82 Å². The first kappa shape index (κ1) is 15.5. The van der Waals surface area contributed by atoms with Crippen molar-refractivity contribution < 1.29 is 17.9 Å². The van der Waals surface area contributed by atoms with Gasteiger partial charge in [0.05, 0.1) is 5.69 Å². The van der Waals surface area contributed by atoms with E-state index < -0.39 is 16.0 Å². The zero-order chi connectivity index (χ0) is 14.8. The summed E-state index contributed by atoms with van der Waals surface area (Å²) in [5.74, 6) is -0.766. The highest BCUT2D eigenvalue weighted by Crippen LogP contribution is 2.24. The maximum Gasteiger partial charge on any atom is 0.301 e. The van der Waals surface area contributed by atoms with E-state index in [1.165, 1.54) is 16.4 Å². The third-order valence-electron chi connectivity index (χ3n) is 3.25. The molecule has 2 rings (SSSR count). The molecule has 1 aliphatic rings. The molecule has 0 radical (unpaired) electrons. The van der Waals surface area contributed by atoms with Gasteiger partial charge in [-0.25, -0.2) is 4.39 Å². The van der Waals surface area contributed by atoms with Crippen LogP contribution >= 0.6 is 11.6 Å². The third-order valence-corrected chi connectivity index (χ3v) is 4.97. The molecule has 1 fully saturated rings. The van der Waals surface area contributed by atoms with Gasteiger partial charge in [0, 0.05) is 24.7 Å². The van der Waals surface area contributed by atoms with Gasteiger partial charge < -0.3 is 5.11 Å². The lowest BCUT2D eigenvalue weighted by Crippen LogP contribution is -2.43. The lowest BCUT2D eigenvalue weighted by atomic mass is 10.0. The summed E-state index contributed by atoms with van der Waals surface area (Å²) in [7, 11) is -3.85. The predicted molar refractivity (Wildman–Crippen MR) is 75.3 cm³/mol. The quantitative estimate of drug-likeness (QED) is 0.888. The highest BCUT2D eigenvalue weighted by Gasteiger charge is 2.29. The Kier molecular flexibility index (Phi) is 4.85. The first-order valence-electron chi connectivity index (χ1n) is 6.26. The summed E-state index contributed by atoms with van der Waals surface area (Å²) >= 11 is 5.73. The van der Waals surface area contributed by atoms with Gasteiger partial charge in [-0.3, -0.25) is 4.72 Å². The van der Waals surface area contributed by atoms with Crippen LogP contribution in [0.2, 0.25) is 5.02 Å². The van der Waals surface area contributed by atoms with Crippen molar-refractivity contribution in [3.05, 3.63) is 29.0 Å². The van der Waals surface area contributed by atoms with Crippen LogP contribution in [0.4, 0.5) is 10.1 Å². The molecule has 0 amide bonds. The molecule has 0 aromatic heterocycles. The van der Waals surface area contributed by atoms with E-state index in [9.17, 15) is 12.8 Å².